The van der Waals surface area contributed by atoms with Crippen LogP contribution in [0.3, 0.4) is 0 Å². The largest absolute Gasteiger partial charge is 0.398 e. The highest BCUT2D eigenvalue weighted by molar-refractivity contribution is 6.01. The van der Waals surface area contributed by atoms with Crippen LogP contribution >= 0.6 is 0 Å². The molecule has 1 fully saturated rings. The molecule has 172 valence electrons. The molecular formula is C24H27N5O4. The minimum absolute atomic E-state index is 0.0139. The monoisotopic (exact) mass is 449 g/mol. The zero-order valence-corrected chi connectivity index (χ0v) is 18.7. The number of anilines is 1. The third-order valence-corrected chi connectivity index (χ3v) is 6.26. The highest BCUT2D eigenvalue weighted by Gasteiger charge is 2.35. The van der Waals surface area contributed by atoms with E-state index in [-0.39, 0.29) is 29.4 Å². The number of nitro groups is 1. The molecule has 0 aliphatic carbocycles. The van der Waals surface area contributed by atoms with Crippen LogP contribution in [0, 0.1) is 29.9 Å². The van der Waals surface area contributed by atoms with Crippen molar-refractivity contribution in [2.45, 2.75) is 20.4 Å². The Morgan fingerprint density at radius 2 is 1.97 bits per heavy atom. The summed E-state index contributed by atoms with van der Waals surface area (Å²) in [5.41, 5.74) is 10.7. The standard InChI is InChI=1S/C24H27N5O4/c1-15-3-4-17(16(2)7-15)10-27-11-18-13-28(14-19(18)12-27)23(30)9-26-24(31)21-8-20(29(32)33)5-6-22(21)25/h3-8,11,19H,9-10,12-14,25H2,1-2H3,(H,26,31). The second kappa shape index (κ2) is 8.93. The van der Waals surface area contributed by atoms with Gasteiger partial charge in [-0.05, 0) is 36.6 Å². The summed E-state index contributed by atoms with van der Waals surface area (Å²) in [6.45, 7) is 6.90. The van der Waals surface area contributed by atoms with Crippen LogP contribution in [0.5, 0.6) is 0 Å². The van der Waals surface area contributed by atoms with Gasteiger partial charge in [-0.3, -0.25) is 19.7 Å². The number of likely N-dealkylation sites (tertiary alicyclic amines) is 1. The predicted molar refractivity (Wildman–Crippen MR) is 124 cm³/mol. The average molecular weight is 450 g/mol. The summed E-state index contributed by atoms with van der Waals surface area (Å²) < 4.78 is 0. The molecule has 9 heteroatoms. The molecule has 0 spiro atoms. The van der Waals surface area contributed by atoms with Crippen molar-refractivity contribution in [2.75, 3.05) is 31.9 Å². The van der Waals surface area contributed by atoms with Gasteiger partial charge in [0.05, 0.1) is 17.0 Å². The van der Waals surface area contributed by atoms with Crippen LogP contribution in [-0.4, -0.2) is 52.7 Å². The van der Waals surface area contributed by atoms with Crippen molar-refractivity contribution in [3.8, 4) is 0 Å². The molecule has 2 heterocycles. The van der Waals surface area contributed by atoms with E-state index >= 15 is 0 Å². The molecule has 0 radical (unpaired) electrons. The number of benzene rings is 2. The van der Waals surface area contributed by atoms with Crippen molar-refractivity contribution < 1.29 is 14.5 Å². The third-order valence-electron chi connectivity index (χ3n) is 6.26. The molecule has 2 amide bonds. The number of nitrogens with two attached hydrogens (primary N) is 1. The van der Waals surface area contributed by atoms with Crippen LogP contribution < -0.4 is 11.1 Å². The Kier molecular flexibility index (Phi) is 6.04. The number of amides is 2. The van der Waals surface area contributed by atoms with Gasteiger partial charge >= 0.3 is 0 Å². The first-order chi connectivity index (χ1) is 15.7. The van der Waals surface area contributed by atoms with Crippen molar-refractivity contribution >= 4 is 23.2 Å². The number of nitrogen functional groups attached to an aromatic ring is 1. The second-order valence-corrected chi connectivity index (χ2v) is 8.75. The number of fused-ring (bicyclic) bond motifs is 1. The zero-order chi connectivity index (χ0) is 23.7. The van der Waals surface area contributed by atoms with Gasteiger partial charge in [0.2, 0.25) is 5.91 Å². The topological polar surface area (TPSA) is 122 Å². The number of carbonyl (C=O) groups excluding carboxylic acids is 2. The van der Waals surface area contributed by atoms with E-state index in [1.165, 1.54) is 34.4 Å². The Bertz CT molecular complexity index is 1160. The van der Waals surface area contributed by atoms with Gasteiger partial charge < -0.3 is 20.9 Å². The Morgan fingerprint density at radius 3 is 2.67 bits per heavy atom. The van der Waals surface area contributed by atoms with E-state index < -0.39 is 10.8 Å². The highest BCUT2D eigenvalue weighted by atomic mass is 16.6. The molecule has 0 bridgehead atoms. The van der Waals surface area contributed by atoms with Gasteiger partial charge in [0.25, 0.3) is 11.6 Å². The van der Waals surface area contributed by atoms with Crippen molar-refractivity contribution in [1.29, 1.82) is 0 Å². The van der Waals surface area contributed by atoms with E-state index in [1.807, 2.05) is 0 Å². The van der Waals surface area contributed by atoms with Crippen LogP contribution in [0.2, 0.25) is 0 Å². The van der Waals surface area contributed by atoms with Crippen LogP contribution in [0.4, 0.5) is 11.4 Å². The van der Waals surface area contributed by atoms with E-state index in [0.717, 1.165) is 19.2 Å². The smallest absolute Gasteiger partial charge is 0.270 e. The van der Waals surface area contributed by atoms with Crippen molar-refractivity contribution in [1.82, 2.24) is 15.1 Å². The maximum Gasteiger partial charge on any atom is 0.270 e. The molecule has 1 unspecified atom stereocenters. The fourth-order valence-electron chi connectivity index (χ4n) is 4.45. The second-order valence-electron chi connectivity index (χ2n) is 8.75. The molecule has 2 aliphatic heterocycles. The first-order valence-corrected chi connectivity index (χ1v) is 10.8. The predicted octanol–water partition coefficient (Wildman–Crippen LogP) is 2.38. The van der Waals surface area contributed by atoms with E-state index in [4.69, 9.17) is 5.73 Å². The number of rotatable bonds is 6. The minimum atomic E-state index is -0.609. The number of hydrogen-bond acceptors (Lipinski definition) is 6. The molecule has 1 saturated heterocycles. The summed E-state index contributed by atoms with van der Waals surface area (Å²) in [7, 11) is 0. The quantitative estimate of drug-likeness (QED) is 0.397. The van der Waals surface area contributed by atoms with Crippen molar-refractivity contribution in [3.63, 3.8) is 0 Å². The molecule has 4 rings (SSSR count). The molecule has 2 aromatic carbocycles. The Morgan fingerprint density at radius 1 is 1.18 bits per heavy atom. The normalized spacial score (nSPS) is 17.0. The molecule has 9 nitrogen and oxygen atoms in total. The van der Waals surface area contributed by atoms with Crippen LogP contribution in [0.25, 0.3) is 0 Å². The SMILES string of the molecule is Cc1ccc(CN2C=C3CN(C(=O)CNC(=O)c4cc([N+](=O)[O-])ccc4N)CC3C2)c(C)c1. The van der Waals surface area contributed by atoms with Gasteiger partial charge in [0.15, 0.2) is 0 Å². The number of nitro benzene ring substituents is 1. The summed E-state index contributed by atoms with van der Waals surface area (Å²) in [4.78, 5) is 39.5. The molecule has 0 aromatic heterocycles. The molecule has 1 atom stereocenters. The van der Waals surface area contributed by atoms with Gasteiger partial charge in [-0.15, -0.1) is 0 Å². The van der Waals surface area contributed by atoms with E-state index in [0.29, 0.717) is 19.0 Å². The van der Waals surface area contributed by atoms with Gasteiger partial charge in [0, 0.05) is 56.1 Å². The lowest BCUT2D eigenvalue weighted by Crippen LogP contribution is -2.40. The summed E-state index contributed by atoms with van der Waals surface area (Å²) in [5, 5.41) is 13.5. The lowest BCUT2D eigenvalue weighted by molar-refractivity contribution is -0.384. The number of carbonyl (C=O) groups is 2. The third kappa shape index (κ3) is 4.82. The Labute approximate surface area is 192 Å². The summed E-state index contributed by atoms with van der Waals surface area (Å²) >= 11 is 0. The van der Waals surface area contributed by atoms with Crippen molar-refractivity contribution in [2.24, 2.45) is 5.92 Å². The molecular weight excluding hydrogens is 422 g/mol. The number of hydrogen-bond donors (Lipinski definition) is 2. The number of non-ortho nitro benzene ring substituents is 1. The van der Waals surface area contributed by atoms with Gasteiger partial charge in [-0.1, -0.05) is 23.8 Å². The summed E-state index contributed by atoms with van der Waals surface area (Å²) in [6.07, 6.45) is 2.15. The van der Waals surface area contributed by atoms with Gasteiger partial charge in [-0.2, -0.15) is 0 Å². The molecule has 2 aliphatic rings. The molecule has 33 heavy (non-hydrogen) atoms. The summed E-state index contributed by atoms with van der Waals surface area (Å²) in [6, 6.07) is 10.1. The molecule has 3 N–H and O–H groups in total. The number of nitrogens with zero attached hydrogens (tertiary/aromatic N) is 3. The Hall–Kier alpha value is -3.88. The van der Waals surface area contributed by atoms with Gasteiger partial charge in [0.1, 0.15) is 0 Å². The van der Waals surface area contributed by atoms with E-state index in [2.05, 4.69) is 48.5 Å². The minimum Gasteiger partial charge on any atom is -0.398 e. The Balaban J connectivity index is 1.32. The average Bonchev–Trinajstić information content (AvgIpc) is 3.32. The maximum atomic E-state index is 12.7. The fourth-order valence-corrected chi connectivity index (χ4v) is 4.45. The van der Waals surface area contributed by atoms with Crippen LogP contribution in [-0.2, 0) is 11.3 Å². The fraction of sp³-hybridized carbons (Fsp3) is 0.333. The first kappa shape index (κ1) is 22.3. The molecule has 2 aromatic rings. The van der Waals surface area contributed by atoms with E-state index in [1.54, 1.807) is 4.90 Å². The van der Waals surface area contributed by atoms with Crippen LogP contribution in [0.1, 0.15) is 27.0 Å². The first-order valence-electron chi connectivity index (χ1n) is 10.8. The highest BCUT2D eigenvalue weighted by Crippen LogP contribution is 2.31. The van der Waals surface area contributed by atoms with Crippen molar-refractivity contribution in [3.05, 3.63) is 80.5 Å². The molecule has 0 saturated carbocycles. The van der Waals surface area contributed by atoms with Gasteiger partial charge in [-0.25, -0.2) is 0 Å². The van der Waals surface area contributed by atoms with E-state index in [9.17, 15) is 19.7 Å². The summed E-state index contributed by atoms with van der Waals surface area (Å²) in [5.74, 6) is -0.505. The van der Waals surface area contributed by atoms with Crippen LogP contribution in [0.15, 0.2) is 48.2 Å². The zero-order valence-electron chi connectivity index (χ0n) is 18.7. The lowest BCUT2D eigenvalue weighted by atomic mass is 10.1. The number of nitrogens with one attached hydrogen (secondary N) is 1. The number of aryl methyl sites for hydroxylation is 2. The maximum absolute atomic E-state index is 12.7. The lowest BCUT2D eigenvalue weighted by Gasteiger charge is -2.22.